The van der Waals surface area contributed by atoms with Gasteiger partial charge < -0.3 is 10.1 Å². The van der Waals surface area contributed by atoms with Crippen molar-refractivity contribution < 1.29 is 18.7 Å². The molecule has 1 aliphatic heterocycles. The Bertz CT molecular complexity index is 787. The van der Waals surface area contributed by atoms with E-state index in [0.717, 1.165) is 0 Å². The molecule has 1 atom stereocenters. The fourth-order valence-corrected chi connectivity index (χ4v) is 2.42. The summed E-state index contributed by atoms with van der Waals surface area (Å²) in [5, 5.41) is 10.5. The van der Waals surface area contributed by atoms with Gasteiger partial charge in [0, 0.05) is 11.3 Å². The van der Waals surface area contributed by atoms with Gasteiger partial charge in [0.25, 0.3) is 5.91 Å². The lowest BCUT2D eigenvalue weighted by Gasteiger charge is -2.14. The standard InChI is InChI=1S/C17H13FN2O3/c18-11-7-5-10(6-8-11)16(21)20-14-4-2-1-3-12(14)13-9-23-17(22)15(13)19/h1-8,13,19H,9H2,(H,20,21)/t13-/m0/s1. The highest BCUT2D eigenvalue weighted by molar-refractivity contribution is 6.39. The largest absolute Gasteiger partial charge is 0.460 e. The Morgan fingerprint density at radius 2 is 1.87 bits per heavy atom. The predicted molar refractivity (Wildman–Crippen MR) is 82.2 cm³/mol. The number of carbonyl (C=O) groups excluding carboxylic acids is 2. The highest BCUT2D eigenvalue weighted by Crippen LogP contribution is 2.29. The van der Waals surface area contributed by atoms with E-state index in [4.69, 9.17) is 10.1 Å². The van der Waals surface area contributed by atoms with Crippen LogP contribution in [0, 0.1) is 11.2 Å². The van der Waals surface area contributed by atoms with Crippen LogP contribution in [0.5, 0.6) is 0 Å². The first-order valence-corrected chi connectivity index (χ1v) is 6.97. The van der Waals surface area contributed by atoms with Gasteiger partial charge in [-0.15, -0.1) is 0 Å². The second-order valence-electron chi connectivity index (χ2n) is 5.11. The molecule has 0 radical (unpaired) electrons. The third-order valence-electron chi connectivity index (χ3n) is 3.64. The van der Waals surface area contributed by atoms with Gasteiger partial charge >= 0.3 is 5.97 Å². The van der Waals surface area contributed by atoms with Gasteiger partial charge in [0.2, 0.25) is 0 Å². The molecule has 0 aliphatic carbocycles. The van der Waals surface area contributed by atoms with Crippen LogP contribution in [0.15, 0.2) is 48.5 Å². The Morgan fingerprint density at radius 1 is 1.17 bits per heavy atom. The maximum atomic E-state index is 12.9. The van der Waals surface area contributed by atoms with Crippen molar-refractivity contribution in [2.45, 2.75) is 5.92 Å². The van der Waals surface area contributed by atoms with Crippen LogP contribution in [0.2, 0.25) is 0 Å². The highest BCUT2D eigenvalue weighted by Gasteiger charge is 2.33. The Balaban J connectivity index is 1.86. The molecule has 1 aliphatic rings. The van der Waals surface area contributed by atoms with E-state index in [1.807, 2.05) is 0 Å². The molecule has 1 heterocycles. The smallest absolute Gasteiger partial charge is 0.352 e. The van der Waals surface area contributed by atoms with E-state index in [1.165, 1.54) is 24.3 Å². The van der Waals surface area contributed by atoms with E-state index in [-0.39, 0.29) is 12.3 Å². The Labute approximate surface area is 131 Å². The van der Waals surface area contributed by atoms with Gasteiger partial charge in [0.15, 0.2) is 0 Å². The SMILES string of the molecule is N=C1C(=O)OC[C@H]1c1ccccc1NC(=O)c1ccc(F)cc1. The van der Waals surface area contributed by atoms with E-state index in [2.05, 4.69) is 5.32 Å². The molecule has 23 heavy (non-hydrogen) atoms. The zero-order chi connectivity index (χ0) is 16.4. The van der Waals surface area contributed by atoms with Crippen LogP contribution in [-0.2, 0) is 9.53 Å². The van der Waals surface area contributed by atoms with E-state index in [1.54, 1.807) is 24.3 Å². The summed E-state index contributed by atoms with van der Waals surface area (Å²) in [6.07, 6.45) is 0. The summed E-state index contributed by atoms with van der Waals surface area (Å²) in [7, 11) is 0. The van der Waals surface area contributed by atoms with Gasteiger partial charge in [-0.05, 0) is 35.9 Å². The van der Waals surface area contributed by atoms with Crippen molar-refractivity contribution in [1.29, 1.82) is 5.41 Å². The van der Waals surface area contributed by atoms with Crippen molar-refractivity contribution in [3.8, 4) is 0 Å². The zero-order valence-electron chi connectivity index (χ0n) is 12.0. The molecule has 2 aromatic carbocycles. The number of amides is 1. The fraction of sp³-hybridized carbons (Fsp3) is 0.118. The predicted octanol–water partition coefficient (Wildman–Crippen LogP) is 2.74. The summed E-state index contributed by atoms with van der Waals surface area (Å²) < 4.78 is 17.8. The molecule has 0 bridgehead atoms. The van der Waals surface area contributed by atoms with Crippen molar-refractivity contribution in [2.24, 2.45) is 0 Å². The minimum atomic E-state index is -0.644. The quantitative estimate of drug-likeness (QED) is 0.855. The summed E-state index contributed by atoms with van der Waals surface area (Å²) >= 11 is 0. The molecule has 1 fully saturated rings. The summed E-state index contributed by atoms with van der Waals surface area (Å²) in [5.74, 6) is -1.96. The normalized spacial score (nSPS) is 17.0. The second kappa shape index (κ2) is 6.00. The number of cyclic esters (lactones) is 1. The number of halogens is 1. The van der Waals surface area contributed by atoms with Gasteiger partial charge in [-0.1, -0.05) is 18.2 Å². The van der Waals surface area contributed by atoms with Crippen LogP contribution in [0.3, 0.4) is 0 Å². The molecule has 5 nitrogen and oxygen atoms in total. The lowest BCUT2D eigenvalue weighted by molar-refractivity contribution is -0.132. The van der Waals surface area contributed by atoms with Gasteiger partial charge in [0.05, 0.1) is 5.92 Å². The number of hydrogen-bond acceptors (Lipinski definition) is 4. The first-order chi connectivity index (χ1) is 11.1. The van der Waals surface area contributed by atoms with Crippen LogP contribution < -0.4 is 5.32 Å². The molecular formula is C17H13FN2O3. The Morgan fingerprint density at radius 3 is 2.52 bits per heavy atom. The number of benzene rings is 2. The van der Waals surface area contributed by atoms with Crippen molar-refractivity contribution in [2.75, 3.05) is 11.9 Å². The summed E-state index contributed by atoms with van der Waals surface area (Å²) in [6.45, 7) is 0.0844. The highest BCUT2D eigenvalue weighted by atomic mass is 19.1. The summed E-state index contributed by atoms with van der Waals surface area (Å²) in [4.78, 5) is 23.6. The monoisotopic (exact) mass is 312 g/mol. The van der Waals surface area contributed by atoms with Crippen LogP contribution in [0.25, 0.3) is 0 Å². The van der Waals surface area contributed by atoms with Crippen molar-refractivity contribution in [3.63, 3.8) is 0 Å². The number of anilines is 1. The first-order valence-electron chi connectivity index (χ1n) is 6.97. The maximum Gasteiger partial charge on any atom is 0.352 e. The number of esters is 1. The maximum absolute atomic E-state index is 12.9. The van der Waals surface area contributed by atoms with E-state index < -0.39 is 23.6 Å². The number of para-hydroxylation sites is 1. The van der Waals surface area contributed by atoms with Crippen molar-refractivity contribution in [3.05, 3.63) is 65.5 Å². The molecule has 0 unspecified atom stereocenters. The molecule has 0 saturated carbocycles. The molecule has 3 rings (SSSR count). The van der Waals surface area contributed by atoms with Crippen LogP contribution in [0.1, 0.15) is 21.8 Å². The topological polar surface area (TPSA) is 79.2 Å². The summed E-state index contributed by atoms with van der Waals surface area (Å²) in [6, 6.07) is 12.1. The van der Waals surface area contributed by atoms with E-state index in [0.29, 0.717) is 16.8 Å². The minimum absolute atomic E-state index is 0.0844. The zero-order valence-corrected chi connectivity index (χ0v) is 12.0. The molecule has 1 amide bonds. The molecular weight excluding hydrogens is 299 g/mol. The first kappa shape index (κ1) is 14.9. The molecule has 116 valence electrons. The lowest BCUT2D eigenvalue weighted by atomic mass is 9.95. The fourth-order valence-electron chi connectivity index (χ4n) is 2.42. The van der Waals surface area contributed by atoms with Gasteiger partial charge in [0.1, 0.15) is 18.1 Å². The number of rotatable bonds is 3. The molecule has 2 aromatic rings. The van der Waals surface area contributed by atoms with Gasteiger partial charge in [-0.3, -0.25) is 10.2 Å². The van der Waals surface area contributed by atoms with Crippen molar-refractivity contribution >= 4 is 23.3 Å². The third kappa shape index (κ3) is 2.96. The van der Waals surface area contributed by atoms with E-state index in [9.17, 15) is 14.0 Å². The number of nitrogens with one attached hydrogen (secondary N) is 2. The average molecular weight is 312 g/mol. The average Bonchev–Trinajstić information content (AvgIpc) is 2.88. The van der Waals surface area contributed by atoms with Crippen molar-refractivity contribution in [1.82, 2.24) is 0 Å². The second-order valence-corrected chi connectivity index (χ2v) is 5.11. The number of carbonyl (C=O) groups is 2. The van der Waals surface area contributed by atoms with Crippen LogP contribution in [0.4, 0.5) is 10.1 Å². The molecule has 1 saturated heterocycles. The van der Waals surface area contributed by atoms with Gasteiger partial charge in [-0.2, -0.15) is 0 Å². The Kier molecular flexibility index (Phi) is 3.89. The van der Waals surface area contributed by atoms with Crippen LogP contribution >= 0.6 is 0 Å². The third-order valence-corrected chi connectivity index (χ3v) is 3.64. The van der Waals surface area contributed by atoms with Crippen LogP contribution in [-0.4, -0.2) is 24.2 Å². The van der Waals surface area contributed by atoms with Gasteiger partial charge in [-0.25, -0.2) is 9.18 Å². The number of hydrogen-bond donors (Lipinski definition) is 2. The molecule has 0 spiro atoms. The molecule has 0 aromatic heterocycles. The lowest BCUT2D eigenvalue weighted by Crippen LogP contribution is -2.17. The Hall–Kier alpha value is -3.02. The summed E-state index contributed by atoms with van der Waals surface area (Å²) in [5.41, 5.74) is 1.32. The molecule has 2 N–H and O–H groups in total. The van der Waals surface area contributed by atoms with E-state index >= 15 is 0 Å². The molecule has 6 heteroatoms. The minimum Gasteiger partial charge on any atom is -0.460 e. The number of ether oxygens (including phenoxy) is 1.